The van der Waals surface area contributed by atoms with Crippen LogP contribution in [0.25, 0.3) is 5.69 Å². The van der Waals surface area contributed by atoms with Gasteiger partial charge in [0.2, 0.25) is 5.88 Å². The largest absolute Gasteiger partial charge is 0.435 e. The van der Waals surface area contributed by atoms with E-state index in [0.717, 1.165) is 42.9 Å². The van der Waals surface area contributed by atoms with Gasteiger partial charge in [-0.25, -0.2) is 9.07 Å². The van der Waals surface area contributed by atoms with Gasteiger partial charge in [0.25, 0.3) is 0 Å². The molecule has 0 spiro atoms. The molecule has 1 aromatic heterocycles. The van der Waals surface area contributed by atoms with E-state index in [1.54, 1.807) is 22.9 Å². The van der Waals surface area contributed by atoms with Gasteiger partial charge in [0, 0.05) is 26.2 Å². The highest BCUT2D eigenvalue weighted by molar-refractivity contribution is 5.44. The minimum Gasteiger partial charge on any atom is -0.435 e. The number of aromatic nitrogens is 2. The third-order valence-electron chi connectivity index (χ3n) is 6.21. The van der Waals surface area contributed by atoms with Crippen LogP contribution in [0.5, 0.6) is 11.6 Å². The van der Waals surface area contributed by atoms with Crippen molar-refractivity contribution in [1.82, 2.24) is 14.7 Å². The molecule has 0 saturated carbocycles. The Bertz CT molecular complexity index is 1050. The maximum Gasteiger partial charge on any atom is 0.227 e. The van der Waals surface area contributed by atoms with E-state index in [-0.39, 0.29) is 11.9 Å². The molecule has 1 fully saturated rings. The maximum absolute atomic E-state index is 14.6. The fraction of sp³-hybridized carbons (Fsp3) is 0.444. The van der Waals surface area contributed by atoms with E-state index in [1.807, 2.05) is 37.3 Å². The summed E-state index contributed by atoms with van der Waals surface area (Å²) < 4.78 is 28.4. The van der Waals surface area contributed by atoms with E-state index in [1.165, 1.54) is 6.07 Å². The van der Waals surface area contributed by atoms with Gasteiger partial charge in [0.05, 0.1) is 29.2 Å². The highest BCUT2D eigenvalue weighted by Crippen LogP contribution is 2.33. The number of halogens is 1. The Morgan fingerprint density at radius 1 is 1.18 bits per heavy atom. The molecule has 1 aliphatic heterocycles. The van der Waals surface area contributed by atoms with Crippen molar-refractivity contribution in [3.8, 4) is 17.3 Å². The van der Waals surface area contributed by atoms with Crippen molar-refractivity contribution in [2.75, 3.05) is 19.7 Å². The van der Waals surface area contributed by atoms with Crippen molar-refractivity contribution in [3.05, 3.63) is 71.7 Å². The zero-order valence-corrected chi connectivity index (χ0v) is 20.0. The predicted molar refractivity (Wildman–Crippen MR) is 130 cm³/mol. The van der Waals surface area contributed by atoms with E-state index in [9.17, 15) is 9.50 Å². The number of hydrogen-bond donors (Lipinski definition) is 1. The lowest BCUT2D eigenvalue weighted by Gasteiger charge is -2.27. The molecule has 1 N–H and O–H groups in total. The quantitative estimate of drug-likeness (QED) is 0.424. The lowest BCUT2D eigenvalue weighted by Crippen LogP contribution is -2.37. The van der Waals surface area contributed by atoms with Crippen LogP contribution in [0.3, 0.4) is 0 Å². The van der Waals surface area contributed by atoms with E-state index >= 15 is 0 Å². The second-order valence-electron chi connectivity index (χ2n) is 8.75. The molecule has 0 radical (unpaired) electrons. The highest BCUT2D eigenvalue weighted by atomic mass is 19.1. The van der Waals surface area contributed by atoms with Gasteiger partial charge in [-0.3, -0.25) is 4.90 Å². The van der Waals surface area contributed by atoms with Gasteiger partial charge in [-0.15, -0.1) is 0 Å². The minimum absolute atomic E-state index is 0.147. The van der Waals surface area contributed by atoms with Crippen LogP contribution in [0.2, 0.25) is 0 Å². The van der Waals surface area contributed by atoms with Crippen molar-refractivity contribution in [2.24, 2.45) is 0 Å². The van der Waals surface area contributed by atoms with Crippen LogP contribution in [0.15, 0.2) is 54.6 Å². The molecule has 2 atom stereocenters. The number of para-hydroxylation sites is 2. The van der Waals surface area contributed by atoms with E-state index in [4.69, 9.17) is 14.6 Å². The van der Waals surface area contributed by atoms with Crippen LogP contribution in [0.4, 0.5) is 4.39 Å². The van der Waals surface area contributed by atoms with Gasteiger partial charge < -0.3 is 14.6 Å². The molecule has 0 unspecified atom stereocenters. The topological polar surface area (TPSA) is 59.8 Å². The number of ether oxygens (including phenoxy) is 2. The third kappa shape index (κ3) is 5.84. The zero-order valence-electron chi connectivity index (χ0n) is 20.0. The van der Waals surface area contributed by atoms with Crippen LogP contribution in [0, 0.1) is 5.82 Å². The summed E-state index contributed by atoms with van der Waals surface area (Å²) in [5.41, 5.74) is 2.63. The molecule has 0 bridgehead atoms. The van der Waals surface area contributed by atoms with Crippen LogP contribution < -0.4 is 4.74 Å². The molecule has 7 heteroatoms. The summed E-state index contributed by atoms with van der Waals surface area (Å²) in [6.45, 7) is 6.58. The first kappa shape index (κ1) is 24.4. The van der Waals surface area contributed by atoms with Crippen LogP contribution >= 0.6 is 0 Å². The Hall–Kier alpha value is -2.74. The normalized spacial score (nSPS) is 16.8. The number of nitrogens with zero attached hydrogens (tertiary/aromatic N) is 3. The van der Waals surface area contributed by atoms with Crippen molar-refractivity contribution in [2.45, 2.75) is 58.3 Å². The summed E-state index contributed by atoms with van der Waals surface area (Å²) in [5.74, 6) is 0.226. The number of aliphatic hydroxyl groups is 1. The van der Waals surface area contributed by atoms with E-state index in [0.29, 0.717) is 31.8 Å². The van der Waals surface area contributed by atoms with E-state index < -0.39 is 11.9 Å². The molecule has 2 aromatic carbocycles. The first-order chi connectivity index (χ1) is 16.6. The average molecular weight is 468 g/mol. The molecule has 182 valence electrons. The molecular formula is C27H34FN3O3. The molecule has 1 saturated heterocycles. The summed E-state index contributed by atoms with van der Waals surface area (Å²) in [4.78, 5) is 2.21. The molecule has 34 heavy (non-hydrogen) atoms. The zero-order chi connectivity index (χ0) is 23.9. The molecule has 6 nitrogen and oxygen atoms in total. The Labute approximate surface area is 200 Å². The Kier molecular flexibility index (Phi) is 8.32. The second kappa shape index (κ2) is 11.6. The number of aliphatic hydroxyl groups excluding tert-OH is 1. The van der Waals surface area contributed by atoms with Gasteiger partial charge in [0.1, 0.15) is 0 Å². The predicted octanol–water partition coefficient (Wildman–Crippen LogP) is 5.12. The number of benzene rings is 2. The molecule has 3 aromatic rings. The first-order valence-corrected chi connectivity index (χ1v) is 12.2. The number of rotatable bonds is 11. The Balaban J connectivity index is 1.74. The van der Waals surface area contributed by atoms with Crippen molar-refractivity contribution >= 4 is 0 Å². The Morgan fingerprint density at radius 3 is 2.62 bits per heavy atom. The van der Waals surface area contributed by atoms with Gasteiger partial charge in [-0.2, -0.15) is 5.10 Å². The number of hydrogen-bond acceptors (Lipinski definition) is 5. The summed E-state index contributed by atoms with van der Waals surface area (Å²) in [6, 6.07) is 16.1. The minimum atomic E-state index is -0.438. The van der Waals surface area contributed by atoms with Gasteiger partial charge in [0.15, 0.2) is 11.6 Å². The molecule has 0 amide bonds. The molecule has 0 aliphatic carbocycles. The molecule has 1 aliphatic rings. The summed E-state index contributed by atoms with van der Waals surface area (Å²) >= 11 is 0. The van der Waals surface area contributed by atoms with Gasteiger partial charge in [-0.05, 0) is 49.9 Å². The van der Waals surface area contributed by atoms with Crippen molar-refractivity contribution in [1.29, 1.82) is 0 Å². The number of aryl methyl sites for hydroxylation is 1. The summed E-state index contributed by atoms with van der Waals surface area (Å²) in [7, 11) is 0. The highest BCUT2D eigenvalue weighted by Gasteiger charge is 2.26. The molecular weight excluding hydrogens is 433 g/mol. The fourth-order valence-electron chi connectivity index (χ4n) is 4.33. The summed E-state index contributed by atoms with van der Waals surface area (Å²) in [5, 5.41) is 15.3. The smallest absolute Gasteiger partial charge is 0.227 e. The van der Waals surface area contributed by atoms with Gasteiger partial charge in [-0.1, -0.05) is 44.2 Å². The fourth-order valence-corrected chi connectivity index (χ4v) is 4.33. The van der Waals surface area contributed by atoms with E-state index in [2.05, 4.69) is 11.8 Å². The van der Waals surface area contributed by atoms with Crippen LogP contribution in [-0.4, -0.2) is 51.7 Å². The van der Waals surface area contributed by atoms with Crippen molar-refractivity contribution < 1.29 is 19.0 Å². The summed E-state index contributed by atoms with van der Waals surface area (Å²) in [6.07, 6.45) is 3.15. The third-order valence-corrected chi connectivity index (χ3v) is 6.21. The first-order valence-electron chi connectivity index (χ1n) is 12.2. The maximum atomic E-state index is 14.6. The lowest BCUT2D eigenvalue weighted by atomic mass is 10.1. The lowest BCUT2D eigenvalue weighted by molar-refractivity contribution is 0.0451. The standard InChI is InChI=1S/C27H34FN3O3/c1-3-21(32)17-30(18-22-13-10-16-33-22)19-23-25(4-2)29-31(20-11-6-5-7-12-20)27(23)34-26-15-9-8-14-24(26)28/h5-9,11-12,14-15,21-22,32H,3-4,10,13,16-19H2,1-2H3/t21-,22+/m0/s1. The van der Waals surface area contributed by atoms with Crippen LogP contribution in [0.1, 0.15) is 44.4 Å². The van der Waals surface area contributed by atoms with Gasteiger partial charge >= 0.3 is 0 Å². The SMILES string of the molecule is CCc1nn(-c2ccccc2)c(Oc2ccccc2F)c1CN(C[C@@H](O)CC)C[C@H]1CCCO1. The molecule has 4 rings (SSSR count). The van der Waals surface area contributed by atoms with Crippen LogP contribution in [-0.2, 0) is 17.7 Å². The average Bonchev–Trinajstić information content (AvgIpc) is 3.49. The second-order valence-corrected chi connectivity index (χ2v) is 8.75. The Morgan fingerprint density at radius 2 is 1.94 bits per heavy atom. The van der Waals surface area contributed by atoms with Crippen molar-refractivity contribution in [3.63, 3.8) is 0 Å². The molecule has 2 heterocycles. The monoisotopic (exact) mass is 467 g/mol.